The van der Waals surface area contributed by atoms with E-state index in [0.717, 1.165) is 17.5 Å². The topological polar surface area (TPSA) is 59.7 Å². The molecule has 0 saturated carbocycles. The smallest absolute Gasteiger partial charge is 0.275 e. The second-order valence-corrected chi connectivity index (χ2v) is 5.51. The monoisotopic (exact) mass is 301 g/mol. The average Bonchev–Trinajstić information content (AvgIpc) is 2.52. The van der Waals surface area contributed by atoms with Crippen LogP contribution < -0.4 is 11.1 Å². The highest BCUT2D eigenvalue weighted by Crippen LogP contribution is 2.20. The van der Waals surface area contributed by atoms with Crippen molar-refractivity contribution < 1.29 is 14.5 Å². The van der Waals surface area contributed by atoms with Crippen molar-refractivity contribution in [3.8, 4) is 0 Å². The van der Waals surface area contributed by atoms with Gasteiger partial charge in [0.2, 0.25) is 0 Å². The SMILES string of the molecule is CCc1ccc([C@@H]([NH2+][C@@H](C)C(N)=O)c2cccc(F)c2)cc1. The fraction of sp³-hybridized carbons (Fsp3) is 0.278. The first-order valence-electron chi connectivity index (χ1n) is 7.50. The lowest BCUT2D eigenvalue weighted by molar-refractivity contribution is -0.704. The van der Waals surface area contributed by atoms with Crippen molar-refractivity contribution in [1.82, 2.24) is 0 Å². The van der Waals surface area contributed by atoms with E-state index in [9.17, 15) is 9.18 Å². The fourth-order valence-corrected chi connectivity index (χ4v) is 2.46. The van der Waals surface area contributed by atoms with Crippen LogP contribution in [0.3, 0.4) is 0 Å². The predicted octanol–water partition coefficient (Wildman–Crippen LogP) is 1.91. The van der Waals surface area contributed by atoms with Gasteiger partial charge in [0.15, 0.2) is 6.04 Å². The van der Waals surface area contributed by atoms with Gasteiger partial charge in [-0.15, -0.1) is 0 Å². The molecule has 22 heavy (non-hydrogen) atoms. The third-order valence-electron chi connectivity index (χ3n) is 3.88. The van der Waals surface area contributed by atoms with Crippen LogP contribution in [0.1, 0.15) is 36.6 Å². The number of hydrogen-bond acceptors (Lipinski definition) is 1. The molecule has 0 saturated heterocycles. The summed E-state index contributed by atoms with van der Waals surface area (Å²) in [5.41, 5.74) is 8.45. The molecule has 0 aliphatic heterocycles. The summed E-state index contributed by atoms with van der Waals surface area (Å²) in [6.07, 6.45) is 0.965. The van der Waals surface area contributed by atoms with E-state index in [2.05, 4.69) is 19.1 Å². The van der Waals surface area contributed by atoms with Crippen LogP contribution in [-0.2, 0) is 11.2 Å². The van der Waals surface area contributed by atoms with Gasteiger partial charge in [-0.05, 0) is 31.0 Å². The molecule has 3 nitrogen and oxygen atoms in total. The molecule has 4 heteroatoms. The maximum Gasteiger partial charge on any atom is 0.275 e. The number of aryl methyl sites for hydroxylation is 1. The van der Waals surface area contributed by atoms with Gasteiger partial charge in [0.25, 0.3) is 5.91 Å². The van der Waals surface area contributed by atoms with Gasteiger partial charge in [-0.25, -0.2) is 4.39 Å². The highest BCUT2D eigenvalue weighted by Gasteiger charge is 2.23. The summed E-state index contributed by atoms with van der Waals surface area (Å²) in [4.78, 5) is 11.4. The summed E-state index contributed by atoms with van der Waals surface area (Å²) in [7, 11) is 0. The first-order chi connectivity index (χ1) is 10.5. The number of amides is 1. The van der Waals surface area contributed by atoms with Crippen LogP contribution >= 0.6 is 0 Å². The number of halogens is 1. The van der Waals surface area contributed by atoms with Gasteiger partial charge in [0.1, 0.15) is 11.9 Å². The highest BCUT2D eigenvalue weighted by atomic mass is 19.1. The highest BCUT2D eigenvalue weighted by molar-refractivity contribution is 5.77. The molecule has 0 unspecified atom stereocenters. The molecule has 0 heterocycles. The van der Waals surface area contributed by atoms with Crippen LogP contribution in [-0.4, -0.2) is 11.9 Å². The molecule has 1 amide bonds. The van der Waals surface area contributed by atoms with Gasteiger partial charge in [0.05, 0.1) is 0 Å². The Hall–Kier alpha value is -2.20. The minimum atomic E-state index is -0.390. The number of primary amides is 1. The Morgan fingerprint density at radius 3 is 2.41 bits per heavy atom. The van der Waals surface area contributed by atoms with Crippen molar-refractivity contribution in [3.05, 3.63) is 71.0 Å². The van der Waals surface area contributed by atoms with E-state index in [1.807, 2.05) is 23.5 Å². The molecule has 0 aromatic heterocycles. The van der Waals surface area contributed by atoms with Gasteiger partial charge < -0.3 is 11.1 Å². The van der Waals surface area contributed by atoms with E-state index in [4.69, 9.17) is 5.73 Å². The number of quaternary nitrogens is 1. The lowest BCUT2D eigenvalue weighted by Crippen LogP contribution is -2.92. The van der Waals surface area contributed by atoms with Gasteiger partial charge in [-0.1, -0.05) is 43.3 Å². The van der Waals surface area contributed by atoms with Crippen molar-refractivity contribution >= 4 is 5.91 Å². The summed E-state index contributed by atoms with van der Waals surface area (Å²) in [5, 5.41) is 1.87. The van der Waals surface area contributed by atoms with Crippen molar-refractivity contribution in [2.75, 3.05) is 0 Å². The second kappa shape index (κ2) is 7.18. The number of carbonyl (C=O) groups is 1. The Morgan fingerprint density at radius 2 is 1.86 bits per heavy atom. The number of carbonyl (C=O) groups excluding carboxylic acids is 1. The summed E-state index contributed by atoms with van der Waals surface area (Å²) >= 11 is 0. The fourth-order valence-electron chi connectivity index (χ4n) is 2.46. The van der Waals surface area contributed by atoms with E-state index in [1.54, 1.807) is 13.0 Å². The average molecular weight is 301 g/mol. The molecule has 2 aromatic rings. The molecule has 0 aliphatic rings. The van der Waals surface area contributed by atoms with Gasteiger partial charge >= 0.3 is 0 Å². The summed E-state index contributed by atoms with van der Waals surface area (Å²) in [6.45, 7) is 3.86. The zero-order chi connectivity index (χ0) is 16.1. The lowest BCUT2D eigenvalue weighted by atomic mass is 9.96. The zero-order valence-electron chi connectivity index (χ0n) is 12.9. The third-order valence-corrected chi connectivity index (χ3v) is 3.88. The minimum absolute atomic E-state index is 0.163. The largest absolute Gasteiger partial charge is 0.365 e. The van der Waals surface area contributed by atoms with Crippen LogP contribution in [0.5, 0.6) is 0 Å². The molecule has 0 fully saturated rings. The van der Waals surface area contributed by atoms with Gasteiger partial charge in [-0.2, -0.15) is 0 Å². The van der Waals surface area contributed by atoms with E-state index in [-0.39, 0.29) is 23.8 Å². The summed E-state index contributed by atoms with van der Waals surface area (Å²) < 4.78 is 13.6. The van der Waals surface area contributed by atoms with Crippen LogP contribution in [0.4, 0.5) is 4.39 Å². The quantitative estimate of drug-likeness (QED) is 0.841. The number of benzene rings is 2. The van der Waals surface area contributed by atoms with Crippen molar-refractivity contribution in [2.45, 2.75) is 32.4 Å². The molecule has 2 atom stereocenters. The first-order valence-corrected chi connectivity index (χ1v) is 7.50. The van der Waals surface area contributed by atoms with Crippen LogP contribution in [0.15, 0.2) is 48.5 Å². The number of rotatable bonds is 6. The third kappa shape index (κ3) is 3.92. The second-order valence-electron chi connectivity index (χ2n) is 5.51. The molecule has 0 aliphatic carbocycles. The standard InChI is InChI=1S/C18H21FN2O/c1-3-13-7-9-14(10-8-13)17(21-12(2)18(20)22)15-5-4-6-16(19)11-15/h4-12,17,21H,3H2,1-2H3,(H2,20,22)/p+1/t12-,17+/m0/s1. The number of nitrogens with two attached hydrogens (primary N) is 2. The van der Waals surface area contributed by atoms with Crippen LogP contribution in [0.2, 0.25) is 0 Å². The Balaban J connectivity index is 2.37. The molecule has 0 bridgehead atoms. The van der Waals surface area contributed by atoms with E-state index in [0.29, 0.717) is 0 Å². The maximum absolute atomic E-state index is 13.6. The normalized spacial score (nSPS) is 13.6. The predicted molar refractivity (Wildman–Crippen MR) is 84.6 cm³/mol. The Bertz CT molecular complexity index is 640. The maximum atomic E-state index is 13.6. The Kier molecular flexibility index (Phi) is 5.28. The van der Waals surface area contributed by atoms with Gasteiger partial charge in [-0.3, -0.25) is 4.79 Å². The molecular weight excluding hydrogens is 279 g/mol. The van der Waals surface area contributed by atoms with E-state index >= 15 is 0 Å². The molecule has 2 aromatic carbocycles. The van der Waals surface area contributed by atoms with E-state index in [1.165, 1.54) is 17.7 Å². The first kappa shape index (κ1) is 16.2. The summed E-state index contributed by atoms with van der Waals surface area (Å²) in [5.74, 6) is -0.667. The zero-order valence-corrected chi connectivity index (χ0v) is 12.9. The Labute approximate surface area is 130 Å². The van der Waals surface area contributed by atoms with Crippen molar-refractivity contribution in [2.24, 2.45) is 5.73 Å². The molecular formula is C18H22FN2O+. The lowest BCUT2D eigenvalue weighted by Gasteiger charge is -2.19. The van der Waals surface area contributed by atoms with Crippen LogP contribution in [0.25, 0.3) is 0 Å². The Morgan fingerprint density at radius 1 is 1.18 bits per heavy atom. The minimum Gasteiger partial charge on any atom is -0.365 e. The molecule has 116 valence electrons. The van der Waals surface area contributed by atoms with Crippen molar-refractivity contribution in [1.29, 1.82) is 0 Å². The molecule has 0 radical (unpaired) electrons. The van der Waals surface area contributed by atoms with E-state index < -0.39 is 0 Å². The number of hydrogen-bond donors (Lipinski definition) is 2. The molecule has 4 N–H and O–H groups in total. The van der Waals surface area contributed by atoms with Gasteiger partial charge in [0, 0.05) is 11.1 Å². The van der Waals surface area contributed by atoms with Crippen LogP contribution in [0, 0.1) is 5.82 Å². The summed E-state index contributed by atoms with van der Waals surface area (Å²) in [6, 6.07) is 14.1. The molecule has 0 spiro atoms. The molecule has 2 rings (SSSR count). The van der Waals surface area contributed by atoms with Crippen molar-refractivity contribution in [3.63, 3.8) is 0 Å².